The normalized spacial score (nSPS) is 16.9. The fourth-order valence-corrected chi connectivity index (χ4v) is 1.62. The Bertz CT molecular complexity index is 279. The van der Waals surface area contributed by atoms with E-state index in [-0.39, 0.29) is 14.9 Å². The zero-order valence-electron chi connectivity index (χ0n) is 8.79. The topological polar surface area (TPSA) is 13.0 Å². The Balaban J connectivity index is 0.00000128. The predicted molar refractivity (Wildman–Crippen MR) is 74.1 cm³/mol. The van der Waals surface area contributed by atoms with E-state index in [1.165, 1.54) is 0 Å². The summed E-state index contributed by atoms with van der Waals surface area (Å²) in [5.74, 6) is 0. The lowest BCUT2D eigenvalue weighted by atomic mass is 10.7. The van der Waals surface area contributed by atoms with Crippen molar-refractivity contribution in [1.29, 1.82) is 0 Å². The van der Waals surface area contributed by atoms with Gasteiger partial charge in [-0.15, -0.1) is 0 Å². The smallest absolute Gasteiger partial charge is 0.0952 e. The summed E-state index contributed by atoms with van der Waals surface area (Å²) in [6.07, 6.45) is 11.9. The van der Waals surface area contributed by atoms with Crippen LogP contribution in [0.4, 0.5) is 0 Å². The maximum absolute atomic E-state index is 3.73. The molecule has 2 rings (SSSR count). The van der Waals surface area contributed by atoms with Crippen molar-refractivity contribution in [1.82, 2.24) is 19.6 Å². The minimum absolute atomic E-state index is 0. The molecule has 2 aliphatic rings. The third kappa shape index (κ3) is 3.59. The molecule has 0 saturated heterocycles. The first-order chi connectivity index (χ1) is 7.31. The Morgan fingerprint density at radius 2 is 1.24 bits per heavy atom. The molecular formula is C13H24N4. The monoisotopic (exact) mass is 236 g/mol. The minimum Gasteiger partial charge on any atom is -0.341 e. The van der Waals surface area contributed by atoms with E-state index in [1.807, 2.05) is 34.6 Å². The Hall–Kier alpha value is -1.84. The standard InChI is InChI=1S/C11H16N4.2CH4/c1-3-12-5-7-14(9-12)11-15-8-6-13(4-2)10-15;;/h3-8H,1-2,9-11H2;2*1H4. The SMILES string of the molecule is C.C.C=CN1C=CN(CN2C=CN(C=C)C2)C1. The van der Waals surface area contributed by atoms with Gasteiger partial charge in [-0.3, -0.25) is 0 Å². The maximum atomic E-state index is 3.73. The van der Waals surface area contributed by atoms with Crippen LogP contribution in [0.3, 0.4) is 0 Å². The van der Waals surface area contributed by atoms with Crippen LogP contribution in [0.5, 0.6) is 0 Å². The number of nitrogens with zero attached hydrogens (tertiary/aromatic N) is 4. The van der Waals surface area contributed by atoms with E-state index >= 15 is 0 Å². The highest BCUT2D eigenvalue weighted by Gasteiger charge is 2.15. The molecule has 2 heterocycles. The molecule has 17 heavy (non-hydrogen) atoms. The van der Waals surface area contributed by atoms with Gasteiger partial charge in [0.1, 0.15) is 0 Å². The molecule has 0 fully saturated rings. The van der Waals surface area contributed by atoms with Gasteiger partial charge in [-0.2, -0.15) is 0 Å². The first-order valence-corrected chi connectivity index (χ1v) is 4.93. The molecule has 4 nitrogen and oxygen atoms in total. The van der Waals surface area contributed by atoms with Gasteiger partial charge in [-0.1, -0.05) is 28.0 Å². The van der Waals surface area contributed by atoms with Crippen LogP contribution in [-0.2, 0) is 0 Å². The summed E-state index contributed by atoms with van der Waals surface area (Å²) >= 11 is 0. The van der Waals surface area contributed by atoms with Crippen LogP contribution in [-0.4, -0.2) is 39.6 Å². The lowest BCUT2D eigenvalue weighted by molar-refractivity contribution is 0.190. The van der Waals surface area contributed by atoms with Crippen LogP contribution in [0.15, 0.2) is 50.4 Å². The lowest BCUT2D eigenvalue weighted by Gasteiger charge is -2.25. The zero-order valence-corrected chi connectivity index (χ0v) is 8.79. The van der Waals surface area contributed by atoms with Crippen molar-refractivity contribution in [2.24, 2.45) is 0 Å². The van der Waals surface area contributed by atoms with E-state index in [2.05, 4.69) is 35.4 Å². The number of hydrogen-bond donors (Lipinski definition) is 0. The van der Waals surface area contributed by atoms with Crippen molar-refractivity contribution in [3.63, 3.8) is 0 Å². The highest BCUT2D eigenvalue weighted by molar-refractivity contribution is 4.98. The highest BCUT2D eigenvalue weighted by Crippen LogP contribution is 2.11. The second-order valence-corrected chi connectivity index (χ2v) is 3.59. The van der Waals surface area contributed by atoms with E-state index in [9.17, 15) is 0 Å². The van der Waals surface area contributed by atoms with Crippen LogP contribution in [0.1, 0.15) is 14.9 Å². The largest absolute Gasteiger partial charge is 0.341 e. The average molecular weight is 236 g/mol. The van der Waals surface area contributed by atoms with Crippen molar-refractivity contribution in [3.8, 4) is 0 Å². The van der Waals surface area contributed by atoms with Gasteiger partial charge < -0.3 is 19.6 Å². The molecule has 0 radical (unpaired) electrons. The van der Waals surface area contributed by atoms with Crippen molar-refractivity contribution >= 4 is 0 Å². The molecule has 0 N–H and O–H groups in total. The van der Waals surface area contributed by atoms with Crippen molar-refractivity contribution in [2.45, 2.75) is 14.9 Å². The molecule has 96 valence electrons. The molecule has 0 spiro atoms. The van der Waals surface area contributed by atoms with Crippen LogP contribution < -0.4 is 0 Å². The first kappa shape index (κ1) is 15.2. The van der Waals surface area contributed by atoms with Crippen LogP contribution in [0.2, 0.25) is 0 Å². The molecule has 0 aromatic rings. The van der Waals surface area contributed by atoms with E-state index in [1.54, 1.807) is 0 Å². The quantitative estimate of drug-likeness (QED) is 0.744. The van der Waals surface area contributed by atoms with Gasteiger partial charge in [-0.25, -0.2) is 0 Å². The third-order valence-corrected chi connectivity index (χ3v) is 2.46. The molecule has 0 aromatic carbocycles. The van der Waals surface area contributed by atoms with E-state index in [0.29, 0.717) is 0 Å². The van der Waals surface area contributed by atoms with Gasteiger partial charge in [0.05, 0.1) is 20.0 Å². The first-order valence-electron chi connectivity index (χ1n) is 4.93. The van der Waals surface area contributed by atoms with E-state index in [0.717, 1.165) is 20.0 Å². The lowest BCUT2D eigenvalue weighted by Crippen LogP contribution is -2.34. The third-order valence-electron chi connectivity index (χ3n) is 2.46. The zero-order chi connectivity index (χ0) is 10.7. The summed E-state index contributed by atoms with van der Waals surface area (Å²) < 4.78 is 0. The van der Waals surface area contributed by atoms with E-state index in [4.69, 9.17) is 0 Å². The summed E-state index contributed by atoms with van der Waals surface area (Å²) in [5.41, 5.74) is 0. The Labute approximate surface area is 105 Å². The molecule has 4 heteroatoms. The number of rotatable bonds is 4. The molecule has 0 aliphatic carbocycles. The van der Waals surface area contributed by atoms with Crippen molar-refractivity contribution in [3.05, 3.63) is 50.4 Å². The molecule has 0 atom stereocenters. The second kappa shape index (κ2) is 6.68. The van der Waals surface area contributed by atoms with Gasteiger partial charge >= 0.3 is 0 Å². The summed E-state index contributed by atoms with van der Waals surface area (Å²) in [5, 5.41) is 0. The molecule has 0 aromatic heterocycles. The van der Waals surface area contributed by atoms with Crippen LogP contribution in [0.25, 0.3) is 0 Å². The summed E-state index contributed by atoms with van der Waals surface area (Å²) in [7, 11) is 0. The number of hydrogen-bond acceptors (Lipinski definition) is 4. The fourth-order valence-electron chi connectivity index (χ4n) is 1.62. The van der Waals surface area contributed by atoms with Crippen LogP contribution >= 0.6 is 0 Å². The van der Waals surface area contributed by atoms with Gasteiger partial charge in [0.15, 0.2) is 0 Å². The molecule has 0 amide bonds. The average Bonchev–Trinajstić information content (AvgIpc) is 2.87. The van der Waals surface area contributed by atoms with Gasteiger partial charge in [0.25, 0.3) is 0 Å². The molecular weight excluding hydrogens is 212 g/mol. The van der Waals surface area contributed by atoms with E-state index < -0.39 is 0 Å². The maximum Gasteiger partial charge on any atom is 0.0952 e. The van der Waals surface area contributed by atoms with Gasteiger partial charge in [-0.05, 0) is 12.4 Å². The Morgan fingerprint density at radius 1 is 0.824 bits per heavy atom. The Morgan fingerprint density at radius 3 is 1.53 bits per heavy atom. The second-order valence-electron chi connectivity index (χ2n) is 3.59. The summed E-state index contributed by atoms with van der Waals surface area (Å²) in [6, 6.07) is 0. The molecule has 0 bridgehead atoms. The summed E-state index contributed by atoms with van der Waals surface area (Å²) in [6.45, 7) is 10.1. The van der Waals surface area contributed by atoms with Gasteiger partial charge in [0.2, 0.25) is 0 Å². The Kier molecular flexibility index (Phi) is 5.96. The fraction of sp³-hybridized carbons (Fsp3) is 0.385. The van der Waals surface area contributed by atoms with Crippen molar-refractivity contribution in [2.75, 3.05) is 20.0 Å². The van der Waals surface area contributed by atoms with Gasteiger partial charge in [0, 0.05) is 24.8 Å². The minimum atomic E-state index is 0. The summed E-state index contributed by atoms with van der Waals surface area (Å²) in [4.78, 5) is 8.54. The predicted octanol–water partition coefficient (Wildman–Crippen LogP) is 2.60. The molecule has 2 aliphatic heterocycles. The molecule has 0 unspecified atom stereocenters. The van der Waals surface area contributed by atoms with Crippen molar-refractivity contribution < 1.29 is 0 Å². The van der Waals surface area contributed by atoms with Crippen LogP contribution in [0, 0.1) is 0 Å². The highest BCUT2D eigenvalue weighted by atomic mass is 15.4. The molecule has 0 saturated carbocycles.